The van der Waals surface area contributed by atoms with Crippen molar-refractivity contribution in [1.82, 2.24) is 4.57 Å². The molecule has 29 heavy (non-hydrogen) atoms. The molecule has 3 aromatic rings. The number of hydrogen-bond donors (Lipinski definition) is 0. The van der Waals surface area contributed by atoms with Crippen molar-refractivity contribution in [2.45, 2.75) is 19.8 Å². The SMILES string of the molecule is CCOc1cccc(F)c1-c1cc(Cl)cn1Cc1ccc(OC(F)(F)F)c(Cl)c1. The Labute approximate surface area is 174 Å². The minimum Gasteiger partial charge on any atom is -0.493 e. The number of benzene rings is 2. The van der Waals surface area contributed by atoms with Gasteiger partial charge in [-0.3, -0.25) is 0 Å². The molecule has 9 heteroatoms. The lowest BCUT2D eigenvalue weighted by molar-refractivity contribution is -0.274. The van der Waals surface area contributed by atoms with E-state index in [-0.39, 0.29) is 17.1 Å². The van der Waals surface area contributed by atoms with Crippen LogP contribution in [0.5, 0.6) is 11.5 Å². The fourth-order valence-corrected chi connectivity index (χ4v) is 3.35. The first kappa shape index (κ1) is 21.3. The van der Waals surface area contributed by atoms with Crippen molar-refractivity contribution in [1.29, 1.82) is 0 Å². The van der Waals surface area contributed by atoms with Gasteiger partial charge >= 0.3 is 6.36 Å². The lowest BCUT2D eigenvalue weighted by atomic mass is 10.1. The van der Waals surface area contributed by atoms with E-state index in [9.17, 15) is 17.6 Å². The van der Waals surface area contributed by atoms with Crippen molar-refractivity contribution in [2.24, 2.45) is 0 Å². The molecule has 3 nitrogen and oxygen atoms in total. The molecular weight excluding hydrogens is 433 g/mol. The summed E-state index contributed by atoms with van der Waals surface area (Å²) < 4.78 is 62.9. The summed E-state index contributed by atoms with van der Waals surface area (Å²) in [5.74, 6) is -0.629. The van der Waals surface area contributed by atoms with Crippen LogP contribution in [-0.4, -0.2) is 17.5 Å². The number of aromatic nitrogens is 1. The number of alkyl halides is 3. The van der Waals surface area contributed by atoms with Crippen molar-refractivity contribution >= 4 is 23.2 Å². The molecule has 1 aromatic heterocycles. The average molecular weight is 448 g/mol. The van der Waals surface area contributed by atoms with E-state index < -0.39 is 17.9 Å². The zero-order valence-corrected chi connectivity index (χ0v) is 16.6. The molecule has 0 aliphatic heterocycles. The number of rotatable bonds is 6. The summed E-state index contributed by atoms with van der Waals surface area (Å²) in [7, 11) is 0. The van der Waals surface area contributed by atoms with Crippen LogP contribution in [0.4, 0.5) is 17.6 Å². The van der Waals surface area contributed by atoms with E-state index in [1.165, 1.54) is 24.3 Å². The Kier molecular flexibility index (Phi) is 6.29. The molecule has 0 saturated carbocycles. The van der Waals surface area contributed by atoms with Gasteiger partial charge in [0.2, 0.25) is 0 Å². The van der Waals surface area contributed by atoms with Crippen molar-refractivity contribution in [2.75, 3.05) is 6.61 Å². The maximum atomic E-state index is 14.6. The zero-order valence-electron chi connectivity index (χ0n) is 15.1. The molecule has 0 bridgehead atoms. The summed E-state index contributed by atoms with van der Waals surface area (Å²) >= 11 is 12.1. The van der Waals surface area contributed by atoms with Gasteiger partial charge in [-0.05, 0) is 42.8 Å². The lowest BCUT2D eigenvalue weighted by Crippen LogP contribution is -2.17. The van der Waals surface area contributed by atoms with Gasteiger partial charge in [0.1, 0.15) is 17.3 Å². The summed E-state index contributed by atoms with van der Waals surface area (Å²) in [5, 5.41) is 0.175. The highest BCUT2D eigenvalue weighted by molar-refractivity contribution is 6.32. The quantitative estimate of drug-likeness (QED) is 0.381. The predicted molar refractivity (Wildman–Crippen MR) is 103 cm³/mol. The fourth-order valence-electron chi connectivity index (χ4n) is 2.89. The van der Waals surface area contributed by atoms with Crippen LogP contribution in [-0.2, 0) is 6.54 Å². The number of ether oxygens (including phenoxy) is 2. The molecule has 154 valence electrons. The maximum Gasteiger partial charge on any atom is 0.573 e. The van der Waals surface area contributed by atoms with E-state index in [1.807, 2.05) is 0 Å². The standard InChI is InChI=1S/C20H15Cl2F4NO2/c1-2-28-18-5-3-4-15(23)19(18)16-9-13(21)11-27(16)10-12-6-7-17(14(22)8-12)29-20(24,25)26/h3-9,11H,2,10H2,1H3. The molecule has 0 spiro atoms. The minimum absolute atomic E-state index is 0.188. The zero-order chi connectivity index (χ0) is 21.2. The molecule has 0 radical (unpaired) electrons. The topological polar surface area (TPSA) is 23.4 Å². The first-order valence-electron chi connectivity index (χ1n) is 8.49. The van der Waals surface area contributed by atoms with Crippen molar-refractivity contribution < 1.29 is 27.0 Å². The molecule has 0 atom stereocenters. The maximum absolute atomic E-state index is 14.6. The van der Waals surface area contributed by atoms with Gasteiger partial charge < -0.3 is 14.0 Å². The van der Waals surface area contributed by atoms with E-state index in [2.05, 4.69) is 4.74 Å². The highest BCUT2D eigenvalue weighted by Gasteiger charge is 2.32. The Morgan fingerprint density at radius 2 is 1.79 bits per heavy atom. The van der Waals surface area contributed by atoms with Crippen LogP contribution in [0.3, 0.4) is 0 Å². The largest absolute Gasteiger partial charge is 0.573 e. The Hall–Kier alpha value is -2.38. The molecule has 0 saturated heterocycles. The first-order valence-corrected chi connectivity index (χ1v) is 9.25. The normalized spacial score (nSPS) is 11.6. The molecular formula is C20H15Cl2F4NO2. The van der Waals surface area contributed by atoms with Gasteiger partial charge in [-0.15, -0.1) is 13.2 Å². The summed E-state index contributed by atoms with van der Waals surface area (Å²) in [4.78, 5) is 0. The molecule has 0 fully saturated rings. The summed E-state index contributed by atoms with van der Waals surface area (Å²) in [6, 6.07) is 10.0. The van der Waals surface area contributed by atoms with Crippen LogP contribution < -0.4 is 9.47 Å². The van der Waals surface area contributed by atoms with E-state index >= 15 is 0 Å². The second-order valence-electron chi connectivity index (χ2n) is 6.03. The molecule has 0 N–H and O–H groups in total. The monoisotopic (exact) mass is 447 g/mol. The van der Waals surface area contributed by atoms with Gasteiger partial charge in [-0.25, -0.2) is 4.39 Å². The lowest BCUT2D eigenvalue weighted by Gasteiger charge is -2.15. The molecule has 3 rings (SSSR count). The summed E-state index contributed by atoms with van der Waals surface area (Å²) in [6.45, 7) is 2.32. The third-order valence-corrected chi connectivity index (χ3v) is 4.47. The predicted octanol–water partition coefficient (Wildman–Crippen LogP) is 6.95. The van der Waals surface area contributed by atoms with E-state index in [1.54, 1.807) is 29.8 Å². The van der Waals surface area contributed by atoms with Gasteiger partial charge in [0, 0.05) is 12.7 Å². The highest BCUT2D eigenvalue weighted by atomic mass is 35.5. The third kappa shape index (κ3) is 5.16. The summed E-state index contributed by atoms with van der Waals surface area (Å²) in [6.07, 6.45) is -3.25. The molecule has 0 aliphatic rings. The van der Waals surface area contributed by atoms with Crippen LogP contribution in [0.15, 0.2) is 48.7 Å². The fraction of sp³-hybridized carbons (Fsp3) is 0.200. The molecule has 0 aliphatic carbocycles. The number of hydrogen-bond acceptors (Lipinski definition) is 2. The molecule has 0 amide bonds. The third-order valence-electron chi connectivity index (χ3n) is 3.97. The highest BCUT2D eigenvalue weighted by Crippen LogP contribution is 2.36. The van der Waals surface area contributed by atoms with Crippen molar-refractivity contribution in [3.63, 3.8) is 0 Å². The van der Waals surface area contributed by atoms with Crippen LogP contribution in [0.2, 0.25) is 10.0 Å². The minimum atomic E-state index is -4.84. The van der Waals surface area contributed by atoms with Gasteiger partial charge in [-0.1, -0.05) is 35.3 Å². The van der Waals surface area contributed by atoms with E-state index in [4.69, 9.17) is 27.9 Å². The average Bonchev–Trinajstić information content (AvgIpc) is 2.96. The molecule has 0 unspecified atom stereocenters. The van der Waals surface area contributed by atoms with Crippen LogP contribution in [0, 0.1) is 5.82 Å². The van der Waals surface area contributed by atoms with Crippen LogP contribution in [0.1, 0.15) is 12.5 Å². The Bertz CT molecular complexity index is 1020. The second-order valence-corrected chi connectivity index (χ2v) is 6.87. The number of halogens is 6. The van der Waals surface area contributed by atoms with Crippen LogP contribution in [0.25, 0.3) is 11.3 Å². The van der Waals surface area contributed by atoms with E-state index in [0.29, 0.717) is 28.6 Å². The van der Waals surface area contributed by atoms with Gasteiger partial charge in [0.25, 0.3) is 0 Å². The Morgan fingerprint density at radius 3 is 2.45 bits per heavy atom. The van der Waals surface area contributed by atoms with Gasteiger partial charge in [0.15, 0.2) is 0 Å². The first-order chi connectivity index (χ1) is 13.7. The van der Waals surface area contributed by atoms with Gasteiger partial charge in [-0.2, -0.15) is 0 Å². The van der Waals surface area contributed by atoms with Crippen molar-refractivity contribution in [3.05, 3.63) is 70.1 Å². The van der Waals surface area contributed by atoms with Crippen LogP contribution >= 0.6 is 23.2 Å². The van der Waals surface area contributed by atoms with Gasteiger partial charge in [0.05, 0.1) is 27.9 Å². The van der Waals surface area contributed by atoms with Crippen molar-refractivity contribution in [3.8, 4) is 22.8 Å². The Morgan fingerprint density at radius 1 is 1.03 bits per heavy atom. The molecule has 2 aromatic carbocycles. The smallest absolute Gasteiger partial charge is 0.493 e. The van der Waals surface area contributed by atoms with E-state index in [0.717, 1.165) is 6.07 Å². The Balaban J connectivity index is 1.96. The molecule has 1 heterocycles. The number of nitrogens with zero attached hydrogens (tertiary/aromatic N) is 1. The summed E-state index contributed by atoms with van der Waals surface area (Å²) in [5.41, 5.74) is 1.28. The second kappa shape index (κ2) is 8.55.